The first kappa shape index (κ1) is 11.2. The Kier molecular flexibility index (Phi) is 3.29. The molecule has 1 aromatic heterocycles. The minimum Gasteiger partial charge on any atom is -0.356 e. The van der Waals surface area contributed by atoms with Gasteiger partial charge in [0.1, 0.15) is 0 Å². The van der Waals surface area contributed by atoms with Crippen LogP contribution in [-0.2, 0) is 0 Å². The molecule has 0 spiro atoms. The number of hydrogen-bond acceptors (Lipinski definition) is 2. The van der Waals surface area contributed by atoms with Gasteiger partial charge in [-0.3, -0.25) is 4.57 Å². The average molecular weight is 280 g/mol. The summed E-state index contributed by atoms with van der Waals surface area (Å²) in [5.74, 6) is 0.887. The van der Waals surface area contributed by atoms with Crippen LogP contribution in [0.2, 0.25) is 0 Å². The molecule has 1 heterocycles. The first-order valence-corrected chi connectivity index (χ1v) is 6.06. The van der Waals surface area contributed by atoms with E-state index in [9.17, 15) is 0 Å². The van der Waals surface area contributed by atoms with E-state index in [-0.39, 0.29) is 0 Å². The second kappa shape index (κ2) is 4.70. The highest BCUT2D eigenvalue weighted by atomic mass is 79.9. The van der Waals surface area contributed by atoms with E-state index >= 15 is 0 Å². The Morgan fingerprint density at radius 2 is 2.25 bits per heavy atom. The van der Waals surface area contributed by atoms with Crippen LogP contribution in [0.5, 0.6) is 0 Å². The smallest absolute Gasteiger partial charge is 0.207 e. The molecule has 0 saturated heterocycles. The zero-order valence-electron chi connectivity index (χ0n) is 9.37. The highest BCUT2D eigenvalue weighted by Gasteiger charge is 2.06. The lowest BCUT2D eigenvalue weighted by molar-refractivity contribution is 1.02. The minimum absolute atomic E-state index is 0.866. The summed E-state index contributed by atoms with van der Waals surface area (Å²) in [6, 6.07) is 8.17. The zero-order chi connectivity index (χ0) is 11.5. The van der Waals surface area contributed by atoms with E-state index in [2.05, 4.69) is 49.9 Å². The maximum Gasteiger partial charge on any atom is 0.207 e. The second-order valence-corrected chi connectivity index (χ2v) is 4.50. The predicted octanol–water partition coefficient (Wildman–Crippen LogP) is 3.38. The van der Waals surface area contributed by atoms with Gasteiger partial charge in [0.25, 0.3) is 0 Å². The van der Waals surface area contributed by atoms with Crippen molar-refractivity contribution in [2.75, 3.05) is 11.9 Å². The van der Waals surface area contributed by atoms with Crippen molar-refractivity contribution in [3.05, 3.63) is 40.6 Å². The second-order valence-electron chi connectivity index (χ2n) is 3.59. The highest BCUT2D eigenvalue weighted by molar-refractivity contribution is 9.10. The van der Waals surface area contributed by atoms with Gasteiger partial charge in [0.05, 0.1) is 5.69 Å². The van der Waals surface area contributed by atoms with E-state index in [0.717, 1.165) is 28.3 Å². The van der Waals surface area contributed by atoms with Gasteiger partial charge in [-0.2, -0.15) is 0 Å². The summed E-state index contributed by atoms with van der Waals surface area (Å²) in [6.45, 7) is 4.93. The maximum absolute atomic E-state index is 4.44. The molecule has 0 saturated carbocycles. The Labute approximate surface area is 104 Å². The first-order chi connectivity index (χ1) is 7.70. The first-order valence-electron chi connectivity index (χ1n) is 5.26. The molecule has 0 aliphatic heterocycles. The van der Waals surface area contributed by atoms with Gasteiger partial charge in [-0.25, -0.2) is 4.98 Å². The van der Waals surface area contributed by atoms with E-state index in [1.807, 2.05) is 25.3 Å². The molecule has 0 atom stereocenters. The Bertz CT molecular complexity index is 491. The molecular weight excluding hydrogens is 266 g/mol. The molecule has 2 aromatic rings. The van der Waals surface area contributed by atoms with Crippen molar-refractivity contribution in [1.82, 2.24) is 9.55 Å². The number of nitrogens with one attached hydrogen (secondary N) is 1. The molecule has 16 heavy (non-hydrogen) atoms. The average Bonchev–Trinajstić information content (AvgIpc) is 2.60. The fourth-order valence-electron chi connectivity index (χ4n) is 1.60. The Balaban J connectivity index is 2.46. The summed E-state index contributed by atoms with van der Waals surface area (Å²) in [5, 5.41) is 3.25. The molecule has 1 aromatic carbocycles. The van der Waals surface area contributed by atoms with Crippen LogP contribution in [0.25, 0.3) is 5.69 Å². The SMILES string of the molecule is CCNc1nc(C)cn1-c1cccc(Br)c1. The molecule has 3 nitrogen and oxygen atoms in total. The monoisotopic (exact) mass is 279 g/mol. The number of imidazole rings is 1. The van der Waals surface area contributed by atoms with Crippen molar-refractivity contribution in [3.8, 4) is 5.69 Å². The quantitative estimate of drug-likeness (QED) is 0.934. The molecule has 0 aliphatic rings. The van der Waals surface area contributed by atoms with Gasteiger partial charge >= 0.3 is 0 Å². The summed E-state index contributed by atoms with van der Waals surface area (Å²) in [5.41, 5.74) is 2.11. The molecule has 0 bridgehead atoms. The third kappa shape index (κ3) is 2.27. The molecule has 0 fully saturated rings. The van der Waals surface area contributed by atoms with E-state index in [0.29, 0.717) is 0 Å². The van der Waals surface area contributed by atoms with Gasteiger partial charge in [0.15, 0.2) is 0 Å². The largest absolute Gasteiger partial charge is 0.356 e. The van der Waals surface area contributed by atoms with Crippen LogP contribution in [-0.4, -0.2) is 16.1 Å². The van der Waals surface area contributed by atoms with Crippen molar-refractivity contribution in [2.45, 2.75) is 13.8 Å². The summed E-state index contributed by atoms with van der Waals surface area (Å²) in [4.78, 5) is 4.44. The summed E-state index contributed by atoms with van der Waals surface area (Å²) in [7, 11) is 0. The lowest BCUT2D eigenvalue weighted by Crippen LogP contribution is -2.04. The van der Waals surface area contributed by atoms with Crippen LogP contribution in [0.15, 0.2) is 34.9 Å². The highest BCUT2D eigenvalue weighted by Crippen LogP contribution is 2.19. The third-order valence-electron chi connectivity index (χ3n) is 2.25. The number of hydrogen-bond donors (Lipinski definition) is 1. The van der Waals surface area contributed by atoms with Gasteiger partial charge in [-0.05, 0) is 32.0 Å². The van der Waals surface area contributed by atoms with E-state index in [1.54, 1.807) is 0 Å². The Morgan fingerprint density at radius 1 is 1.44 bits per heavy atom. The molecule has 0 radical (unpaired) electrons. The number of halogens is 1. The molecule has 84 valence electrons. The molecule has 4 heteroatoms. The van der Waals surface area contributed by atoms with Gasteiger partial charge in [-0.1, -0.05) is 22.0 Å². The van der Waals surface area contributed by atoms with E-state index < -0.39 is 0 Å². The molecule has 0 unspecified atom stereocenters. The zero-order valence-corrected chi connectivity index (χ0v) is 11.0. The van der Waals surface area contributed by atoms with E-state index in [1.165, 1.54) is 0 Å². The van der Waals surface area contributed by atoms with Gasteiger partial charge in [0.2, 0.25) is 5.95 Å². The minimum atomic E-state index is 0.866. The fourth-order valence-corrected chi connectivity index (χ4v) is 1.99. The number of benzene rings is 1. The van der Waals surface area contributed by atoms with Crippen LogP contribution in [0.1, 0.15) is 12.6 Å². The van der Waals surface area contributed by atoms with E-state index in [4.69, 9.17) is 0 Å². The van der Waals surface area contributed by atoms with Crippen LogP contribution in [0.3, 0.4) is 0 Å². The van der Waals surface area contributed by atoms with Crippen LogP contribution in [0, 0.1) is 6.92 Å². The summed E-state index contributed by atoms with van der Waals surface area (Å²) in [6.07, 6.45) is 2.03. The molecule has 2 rings (SSSR count). The lowest BCUT2D eigenvalue weighted by Gasteiger charge is -2.08. The van der Waals surface area contributed by atoms with Crippen LogP contribution < -0.4 is 5.32 Å². The van der Waals surface area contributed by atoms with Gasteiger partial charge in [-0.15, -0.1) is 0 Å². The van der Waals surface area contributed by atoms with Crippen molar-refractivity contribution in [1.29, 1.82) is 0 Å². The van der Waals surface area contributed by atoms with Crippen LogP contribution in [0.4, 0.5) is 5.95 Å². The maximum atomic E-state index is 4.44. The van der Waals surface area contributed by atoms with Gasteiger partial charge in [0, 0.05) is 22.9 Å². The number of anilines is 1. The number of nitrogens with zero attached hydrogens (tertiary/aromatic N) is 2. The lowest BCUT2D eigenvalue weighted by atomic mass is 10.3. The van der Waals surface area contributed by atoms with Crippen molar-refractivity contribution in [3.63, 3.8) is 0 Å². The molecular formula is C12H14BrN3. The number of rotatable bonds is 3. The summed E-state index contributed by atoms with van der Waals surface area (Å²) < 4.78 is 3.13. The van der Waals surface area contributed by atoms with Crippen molar-refractivity contribution >= 4 is 21.9 Å². The molecule has 0 amide bonds. The van der Waals surface area contributed by atoms with Crippen LogP contribution >= 0.6 is 15.9 Å². The van der Waals surface area contributed by atoms with Crippen molar-refractivity contribution in [2.24, 2.45) is 0 Å². The third-order valence-corrected chi connectivity index (χ3v) is 2.74. The summed E-state index contributed by atoms with van der Waals surface area (Å²) >= 11 is 3.48. The van der Waals surface area contributed by atoms with Gasteiger partial charge < -0.3 is 5.32 Å². The fraction of sp³-hybridized carbons (Fsp3) is 0.250. The Hall–Kier alpha value is -1.29. The number of aromatic nitrogens is 2. The molecule has 1 N–H and O–H groups in total. The predicted molar refractivity (Wildman–Crippen MR) is 70.2 cm³/mol. The number of aryl methyl sites for hydroxylation is 1. The Morgan fingerprint density at radius 3 is 2.94 bits per heavy atom. The normalized spacial score (nSPS) is 10.4. The molecule has 0 aliphatic carbocycles. The van der Waals surface area contributed by atoms with Crippen molar-refractivity contribution < 1.29 is 0 Å². The topological polar surface area (TPSA) is 29.9 Å². The standard InChI is InChI=1S/C12H14BrN3/c1-3-14-12-15-9(2)8-16(12)11-6-4-5-10(13)7-11/h4-8H,3H2,1-2H3,(H,14,15).